The molecule has 0 aliphatic rings. The van der Waals surface area contributed by atoms with E-state index in [1.165, 1.54) is 0 Å². The van der Waals surface area contributed by atoms with E-state index in [9.17, 15) is 5.11 Å². The highest BCUT2D eigenvalue weighted by Crippen LogP contribution is 2.29. The second kappa shape index (κ2) is 6.17. The van der Waals surface area contributed by atoms with E-state index in [1.54, 1.807) is 6.07 Å². The van der Waals surface area contributed by atoms with Crippen molar-refractivity contribution in [2.45, 2.75) is 6.42 Å². The first kappa shape index (κ1) is 14.5. The zero-order valence-corrected chi connectivity index (χ0v) is 13.2. The Balaban J connectivity index is 1.68. The fraction of sp³-hybridized carbons (Fsp3) is 0.0455. The number of aromatic nitrogens is 1. The van der Waals surface area contributed by atoms with Gasteiger partial charge in [-0.2, -0.15) is 0 Å². The number of fused-ring (bicyclic) bond motifs is 1. The molecule has 24 heavy (non-hydrogen) atoms. The summed E-state index contributed by atoms with van der Waals surface area (Å²) in [5.41, 5.74) is 4.10. The summed E-state index contributed by atoms with van der Waals surface area (Å²) in [6.45, 7) is 0. The highest BCUT2D eigenvalue weighted by molar-refractivity contribution is 5.88. The van der Waals surface area contributed by atoms with Crippen molar-refractivity contribution in [3.8, 4) is 17.0 Å². The van der Waals surface area contributed by atoms with Crippen LogP contribution in [0.15, 0.2) is 85.1 Å². The van der Waals surface area contributed by atoms with Gasteiger partial charge in [-0.25, -0.2) is 0 Å². The Labute approximate surface area is 141 Å². The first-order valence-electron chi connectivity index (χ1n) is 8.01. The molecule has 0 unspecified atom stereocenters. The highest BCUT2D eigenvalue weighted by Gasteiger charge is 2.08. The van der Waals surface area contributed by atoms with Crippen LogP contribution in [0.1, 0.15) is 11.1 Å². The number of nitrogens with zero attached hydrogens (tertiary/aromatic N) is 1. The Morgan fingerprint density at radius 1 is 0.750 bits per heavy atom. The molecule has 2 nitrogen and oxygen atoms in total. The molecule has 0 bridgehead atoms. The van der Waals surface area contributed by atoms with Gasteiger partial charge in [-0.05, 0) is 28.5 Å². The summed E-state index contributed by atoms with van der Waals surface area (Å²) in [6.07, 6.45) is 2.55. The number of aromatic hydroxyl groups is 1. The maximum atomic E-state index is 10.3. The van der Waals surface area contributed by atoms with Crippen molar-refractivity contribution in [2.75, 3.05) is 0 Å². The van der Waals surface area contributed by atoms with Crippen molar-refractivity contribution >= 4 is 10.8 Å². The average molecular weight is 311 g/mol. The topological polar surface area (TPSA) is 33.1 Å². The number of hydrogen-bond donors (Lipinski definition) is 1. The van der Waals surface area contributed by atoms with Crippen LogP contribution in [0.4, 0.5) is 0 Å². The van der Waals surface area contributed by atoms with E-state index in [0.717, 1.165) is 33.2 Å². The zero-order valence-electron chi connectivity index (χ0n) is 13.2. The van der Waals surface area contributed by atoms with Crippen LogP contribution < -0.4 is 0 Å². The third-order valence-electron chi connectivity index (χ3n) is 4.29. The number of rotatable bonds is 3. The average Bonchev–Trinajstić information content (AvgIpc) is 2.65. The molecule has 2 heteroatoms. The Morgan fingerprint density at radius 2 is 1.54 bits per heavy atom. The van der Waals surface area contributed by atoms with Crippen molar-refractivity contribution in [2.24, 2.45) is 0 Å². The van der Waals surface area contributed by atoms with Crippen molar-refractivity contribution in [1.82, 2.24) is 4.98 Å². The number of hydrogen-bond acceptors (Lipinski definition) is 2. The Morgan fingerprint density at radius 3 is 2.33 bits per heavy atom. The summed E-state index contributed by atoms with van der Waals surface area (Å²) in [7, 11) is 0. The molecular formula is C22H17NO. The Bertz CT molecular complexity index is 976. The molecule has 0 aliphatic heterocycles. The molecule has 0 amide bonds. The monoisotopic (exact) mass is 311 g/mol. The molecule has 1 N–H and O–H groups in total. The largest absolute Gasteiger partial charge is 0.508 e. The molecule has 4 aromatic rings. The van der Waals surface area contributed by atoms with E-state index in [4.69, 9.17) is 0 Å². The summed E-state index contributed by atoms with van der Waals surface area (Å²) in [6, 6.07) is 26.1. The summed E-state index contributed by atoms with van der Waals surface area (Å²) >= 11 is 0. The standard InChI is InChI=1S/C22H17NO/c24-22-13-11-17-6-4-5-9-19(17)20(22)14-16-10-12-21(23-15-16)18-7-2-1-3-8-18/h1-13,15,24H,14H2. The number of benzene rings is 3. The van der Waals surface area contributed by atoms with Gasteiger partial charge in [-0.1, -0.05) is 66.7 Å². The van der Waals surface area contributed by atoms with Gasteiger partial charge in [-0.3, -0.25) is 4.98 Å². The van der Waals surface area contributed by atoms with Gasteiger partial charge < -0.3 is 5.11 Å². The van der Waals surface area contributed by atoms with Crippen molar-refractivity contribution < 1.29 is 5.11 Å². The van der Waals surface area contributed by atoms with Crippen LogP contribution in [0.3, 0.4) is 0 Å². The number of phenolic OH excluding ortho intramolecular Hbond substituents is 1. The van der Waals surface area contributed by atoms with Crippen LogP contribution in [0.2, 0.25) is 0 Å². The van der Waals surface area contributed by atoms with E-state index in [2.05, 4.69) is 35.3 Å². The lowest BCUT2D eigenvalue weighted by Crippen LogP contribution is -1.93. The fourth-order valence-corrected chi connectivity index (χ4v) is 3.02. The van der Waals surface area contributed by atoms with E-state index < -0.39 is 0 Å². The third-order valence-corrected chi connectivity index (χ3v) is 4.29. The summed E-state index contributed by atoms with van der Waals surface area (Å²) in [5, 5.41) is 12.5. The zero-order chi connectivity index (χ0) is 16.4. The predicted octanol–water partition coefficient (Wildman–Crippen LogP) is 5.20. The van der Waals surface area contributed by atoms with Crippen LogP contribution in [-0.4, -0.2) is 10.1 Å². The second-order valence-corrected chi connectivity index (χ2v) is 5.88. The van der Waals surface area contributed by atoms with Crippen molar-refractivity contribution in [3.05, 3.63) is 96.2 Å². The molecule has 1 aromatic heterocycles. The molecule has 0 fully saturated rings. The Kier molecular flexibility index (Phi) is 3.72. The van der Waals surface area contributed by atoms with Gasteiger partial charge in [0.1, 0.15) is 5.75 Å². The molecule has 116 valence electrons. The van der Waals surface area contributed by atoms with E-state index in [1.807, 2.05) is 48.7 Å². The van der Waals surface area contributed by atoms with E-state index in [0.29, 0.717) is 12.2 Å². The molecule has 0 saturated heterocycles. The van der Waals surface area contributed by atoms with Crippen LogP contribution in [-0.2, 0) is 6.42 Å². The van der Waals surface area contributed by atoms with Gasteiger partial charge in [0.05, 0.1) is 5.69 Å². The van der Waals surface area contributed by atoms with Crippen LogP contribution in [0, 0.1) is 0 Å². The number of phenols is 1. The molecule has 0 radical (unpaired) electrons. The van der Waals surface area contributed by atoms with Gasteiger partial charge in [0, 0.05) is 23.7 Å². The maximum Gasteiger partial charge on any atom is 0.119 e. The minimum atomic E-state index is 0.334. The maximum absolute atomic E-state index is 10.3. The highest BCUT2D eigenvalue weighted by atomic mass is 16.3. The first-order valence-corrected chi connectivity index (χ1v) is 8.01. The van der Waals surface area contributed by atoms with Gasteiger partial charge in [0.2, 0.25) is 0 Å². The summed E-state index contributed by atoms with van der Waals surface area (Å²) in [4.78, 5) is 4.57. The van der Waals surface area contributed by atoms with Crippen molar-refractivity contribution in [3.63, 3.8) is 0 Å². The lowest BCUT2D eigenvalue weighted by Gasteiger charge is -2.10. The summed E-state index contributed by atoms with van der Waals surface area (Å²) < 4.78 is 0. The second-order valence-electron chi connectivity index (χ2n) is 5.88. The predicted molar refractivity (Wildman–Crippen MR) is 98.1 cm³/mol. The third kappa shape index (κ3) is 2.74. The molecule has 4 rings (SSSR count). The SMILES string of the molecule is Oc1ccc2ccccc2c1Cc1ccc(-c2ccccc2)nc1. The van der Waals surface area contributed by atoms with Gasteiger partial charge in [0.15, 0.2) is 0 Å². The molecular weight excluding hydrogens is 294 g/mol. The smallest absolute Gasteiger partial charge is 0.119 e. The van der Waals surface area contributed by atoms with Gasteiger partial charge in [-0.15, -0.1) is 0 Å². The lowest BCUT2D eigenvalue weighted by atomic mass is 9.98. The minimum Gasteiger partial charge on any atom is -0.508 e. The molecule has 0 aliphatic carbocycles. The molecule has 0 atom stereocenters. The van der Waals surface area contributed by atoms with E-state index >= 15 is 0 Å². The first-order chi connectivity index (χ1) is 11.8. The van der Waals surface area contributed by atoms with Crippen LogP contribution in [0.25, 0.3) is 22.0 Å². The fourth-order valence-electron chi connectivity index (χ4n) is 3.02. The molecule has 1 heterocycles. The van der Waals surface area contributed by atoms with Crippen LogP contribution >= 0.6 is 0 Å². The normalized spacial score (nSPS) is 10.8. The molecule has 3 aromatic carbocycles. The van der Waals surface area contributed by atoms with Gasteiger partial charge in [0.25, 0.3) is 0 Å². The molecule has 0 spiro atoms. The van der Waals surface area contributed by atoms with Crippen LogP contribution in [0.5, 0.6) is 5.75 Å². The molecule has 0 saturated carbocycles. The number of pyridine rings is 1. The quantitative estimate of drug-likeness (QED) is 0.564. The minimum absolute atomic E-state index is 0.334. The van der Waals surface area contributed by atoms with Crippen molar-refractivity contribution in [1.29, 1.82) is 0 Å². The Hall–Kier alpha value is -3.13. The van der Waals surface area contributed by atoms with Gasteiger partial charge >= 0.3 is 0 Å². The lowest BCUT2D eigenvalue weighted by molar-refractivity contribution is 0.470. The van der Waals surface area contributed by atoms with E-state index in [-0.39, 0.29) is 0 Å². The summed E-state index contributed by atoms with van der Waals surface area (Å²) in [5.74, 6) is 0.334.